The molecule has 1 fully saturated rings. The molecule has 0 saturated carbocycles. The van der Waals surface area contributed by atoms with Gasteiger partial charge in [-0.1, -0.05) is 59.9 Å². The summed E-state index contributed by atoms with van der Waals surface area (Å²) in [4.78, 5) is 87.4. The molecule has 0 spiro atoms. The molecule has 5 aromatic carbocycles. The molecule has 10 N–H and O–H groups in total. The van der Waals surface area contributed by atoms with Crippen molar-refractivity contribution < 1.29 is 62.6 Å². The topological polar surface area (TPSA) is 304 Å². The number of H-pyrrole nitrogens is 4. The van der Waals surface area contributed by atoms with Crippen molar-refractivity contribution in [3.8, 4) is 0 Å². The standard InChI is InChI=1S/C21H21F3N6O2.C10H7F3N2O2.2C9H4BrF3N2O.C6H7BrN2/c1-25-19(31)16-5-3-14(11-26-16)30-8-6-29(7-9-30)12-13-2-4-15-17(10-13)28-20(32)18(27-15)21(22,23)24;11-10(12,13)8-9(17)15-7-3-5(4-16)1-2-6(7)14-8;10-4-1-2-5-6(3-4)14-7(8(16)15-5)9(11,12)13;10-4-1-2-5-6(3-4)15-8(16)7(14-5)9(11,12)13;7-4-1-2-5(8)6(9)3-4/h2-5,10-11H,6-9,12H2,1H3,(H,25,31)(H,28,32);1-3,16H,4H2,(H,15,17);2*1-3H,(H,15,16);1-3H,8-9H2. The number of rotatable bonds is 5. The van der Waals surface area contributed by atoms with E-state index in [0.29, 0.717) is 38.1 Å². The lowest BCUT2D eigenvalue weighted by Crippen LogP contribution is -2.46. The fourth-order valence-electron chi connectivity index (χ4n) is 8.15. The zero-order valence-electron chi connectivity index (χ0n) is 45.6. The maximum absolute atomic E-state index is 12.9. The number of aromatic amines is 4. The van der Waals surface area contributed by atoms with Gasteiger partial charge in [0.2, 0.25) is 22.8 Å². The molecule has 20 nitrogen and oxygen atoms in total. The van der Waals surface area contributed by atoms with Gasteiger partial charge in [-0.25, -0.2) is 24.9 Å². The number of fused-ring (bicyclic) bond motifs is 4. The second-order valence-electron chi connectivity index (χ2n) is 18.9. The predicted octanol–water partition coefficient (Wildman–Crippen LogP) is 10.5. The number of halogens is 15. The number of amides is 1. The van der Waals surface area contributed by atoms with Crippen molar-refractivity contribution in [3.63, 3.8) is 0 Å². The highest BCUT2D eigenvalue weighted by atomic mass is 79.9. The van der Waals surface area contributed by atoms with E-state index in [1.165, 1.54) is 48.5 Å². The summed E-state index contributed by atoms with van der Waals surface area (Å²) in [7, 11) is 1.56. The third-order valence-electron chi connectivity index (χ3n) is 12.5. The molecule has 0 aliphatic carbocycles. The van der Waals surface area contributed by atoms with Crippen LogP contribution in [0.5, 0.6) is 0 Å². The molecule has 5 aromatic heterocycles. The van der Waals surface area contributed by atoms with Crippen LogP contribution in [-0.4, -0.2) is 94.0 Å². The van der Waals surface area contributed by atoms with Crippen LogP contribution in [-0.2, 0) is 37.9 Å². The summed E-state index contributed by atoms with van der Waals surface area (Å²) in [5.41, 5.74) is 5.28. The van der Waals surface area contributed by atoms with Gasteiger partial charge in [-0.15, -0.1) is 0 Å². The van der Waals surface area contributed by atoms with E-state index in [-0.39, 0.29) is 56.6 Å². The molecule has 1 aliphatic heterocycles. The summed E-state index contributed by atoms with van der Waals surface area (Å²) in [6.45, 7) is 3.41. The molecule has 0 unspecified atom stereocenters. The number of pyridine rings is 1. The second-order valence-corrected chi connectivity index (χ2v) is 21.6. The summed E-state index contributed by atoms with van der Waals surface area (Å²) < 4.78 is 152. The summed E-state index contributed by atoms with van der Waals surface area (Å²) >= 11 is 9.52. The van der Waals surface area contributed by atoms with E-state index < -0.39 is 69.7 Å². The minimum absolute atomic E-state index is 0.0223. The van der Waals surface area contributed by atoms with Gasteiger partial charge < -0.3 is 46.7 Å². The highest BCUT2D eigenvalue weighted by Crippen LogP contribution is 2.30. The summed E-state index contributed by atoms with van der Waals surface area (Å²) in [6.07, 6.45) is -17.4. The molecule has 0 bridgehead atoms. The first-order valence-corrected chi connectivity index (χ1v) is 27.8. The normalized spacial score (nSPS) is 12.9. The first-order valence-electron chi connectivity index (χ1n) is 25.4. The number of nitrogen functional groups attached to an aromatic ring is 2. The van der Waals surface area contributed by atoms with Crippen molar-refractivity contribution in [2.45, 2.75) is 37.9 Å². The van der Waals surface area contributed by atoms with E-state index in [4.69, 9.17) is 16.6 Å². The van der Waals surface area contributed by atoms with Gasteiger partial charge in [0.1, 0.15) is 5.69 Å². The fraction of sp³-hybridized carbons (Fsp3) is 0.200. The Morgan fingerprint density at radius 2 is 0.922 bits per heavy atom. The number of aliphatic hydroxyl groups excluding tert-OH is 1. The number of hydrogen-bond acceptors (Lipinski definition) is 15. The van der Waals surface area contributed by atoms with Crippen molar-refractivity contribution in [2.24, 2.45) is 0 Å². The Morgan fingerprint density at radius 3 is 1.37 bits per heavy atom. The van der Waals surface area contributed by atoms with Crippen LogP contribution in [0.25, 0.3) is 44.1 Å². The Morgan fingerprint density at radius 1 is 0.511 bits per heavy atom. The number of carbonyl (C=O) groups excluding carboxylic acids is 1. The van der Waals surface area contributed by atoms with E-state index in [0.717, 1.165) is 41.9 Å². The minimum atomic E-state index is -4.79. The van der Waals surface area contributed by atoms with Gasteiger partial charge in [0.25, 0.3) is 28.1 Å². The maximum atomic E-state index is 12.9. The molecule has 10 aromatic rings. The van der Waals surface area contributed by atoms with Gasteiger partial charge in [0, 0.05) is 53.2 Å². The van der Waals surface area contributed by atoms with Gasteiger partial charge >= 0.3 is 24.7 Å². The smallest absolute Gasteiger partial charge is 0.397 e. The van der Waals surface area contributed by atoms with Crippen molar-refractivity contribution >= 4 is 115 Å². The molecule has 474 valence electrons. The van der Waals surface area contributed by atoms with E-state index in [1.807, 2.05) is 12.1 Å². The average Bonchev–Trinajstić information content (AvgIpc) is 0.844. The SMILES string of the molecule is CNC(=O)c1ccc(N2CCN(Cc3ccc4nc(C(F)(F)F)c(=O)[nH]c4c3)CC2)cn1.Nc1ccc(Br)cc1N.O=c1[nH]c2cc(Br)ccc2nc1C(F)(F)F.O=c1[nH]c2cc(CO)ccc2nc1C(F)(F)F.O=c1[nH]c2ccc(Br)cc2nc1C(F)(F)F. The zero-order valence-corrected chi connectivity index (χ0v) is 50.3. The Hall–Kier alpha value is -8.80. The van der Waals surface area contributed by atoms with Crippen molar-refractivity contribution in [2.75, 3.05) is 49.6 Å². The van der Waals surface area contributed by atoms with Crippen molar-refractivity contribution in [1.29, 1.82) is 0 Å². The molecule has 1 amide bonds. The number of nitrogens with zero attached hydrogens (tertiary/aromatic N) is 7. The molecule has 1 saturated heterocycles. The number of nitrogens with one attached hydrogen (secondary N) is 5. The third kappa shape index (κ3) is 18.0. The van der Waals surface area contributed by atoms with Gasteiger partial charge in [-0.3, -0.25) is 28.9 Å². The van der Waals surface area contributed by atoms with Crippen LogP contribution < -0.4 is 43.9 Å². The van der Waals surface area contributed by atoms with Crippen LogP contribution >= 0.6 is 47.8 Å². The summed E-state index contributed by atoms with van der Waals surface area (Å²) in [5, 5.41) is 11.4. The lowest BCUT2D eigenvalue weighted by atomic mass is 10.1. The fourth-order valence-corrected chi connectivity index (χ4v) is 9.24. The lowest BCUT2D eigenvalue weighted by molar-refractivity contribution is -0.142. The van der Waals surface area contributed by atoms with E-state index >= 15 is 0 Å². The number of alkyl halides is 12. The van der Waals surface area contributed by atoms with Gasteiger partial charge in [-0.2, -0.15) is 52.7 Å². The van der Waals surface area contributed by atoms with Crippen molar-refractivity contribution in [1.82, 2.24) is 55.1 Å². The van der Waals surface area contributed by atoms with Crippen LogP contribution in [0.3, 0.4) is 0 Å². The predicted molar refractivity (Wildman–Crippen MR) is 319 cm³/mol. The molecule has 0 atom stereocenters. The van der Waals surface area contributed by atoms with Gasteiger partial charge in [0.15, 0.2) is 0 Å². The van der Waals surface area contributed by atoms with Crippen LogP contribution in [0.4, 0.5) is 69.7 Å². The Labute approximate surface area is 521 Å². The van der Waals surface area contributed by atoms with E-state index in [9.17, 15) is 76.7 Å². The average molecular weight is 1460 g/mol. The largest absolute Gasteiger partial charge is 0.438 e. The molecule has 90 heavy (non-hydrogen) atoms. The van der Waals surface area contributed by atoms with Gasteiger partial charge in [0.05, 0.1) is 74.0 Å². The Bertz CT molecular complexity index is 4500. The Balaban J connectivity index is 0.000000170. The highest BCUT2D eigenvalue weighted by molar-refractivity contribution is 9.11. The third-order valence-corrected chi connectivity index (χ3v) is 14.0. The van der Waals surface area contributed by atoms with Crippen LogP contribution in [0.1, 0.15) is 44.4 Å². The first kappa shape index (κ1) is 68.7. The zero-order chi connectivity index (χ0) is 66.2. The van der Waals surface area contributed by atoms with E-state index in [2.05, 4.69) is 108 Å². The van der Waals surface area contributed by atoms with Crippen LogP contribution in [0.15, 0.2) is 142 Å². The molecule has 6 heterocycles. The minimum Gasteiger partial charge on any atom is -0.397 e. The van der Waals surface area contributed by atoms with Crippen LogP contribution in [0.2, 0.25) is 0 Å². The number of benzene rings is 5. The van der Waals surface area contributed by atoms with Gasteiger partial charge in [-0.05, 0) is 102 Å². The number of anilines is 3. The second kappa shape index (κ2) is 28.4. The van der Waals surface area contributed by atoms with E-state index in [1.54, 1.807) is 55.7 Å². The molecule has 1 aliphatic rings. The monoisotopic (exact) mass is 1460 g/mol. The quantitative estimate of drug-likeness (QED) is 0.0587. The number of hydrogen-bond donors (Lipinski definition) is 8. The van der Waals surface area contributed by atoms with Crippen molar-refractivity contribution in [3.05, 3.63) is 204 Å². The highest BCUT2D eigenvalue weighted by Gasteiger charge is 2.39. The number of aliphatic hydroxyl groups is 1. The van der Waals surface area contributed by atoms with Crippen LogP contribution in [0, 0.1) is 0 Å². The molecule has 0 radical (unpaired) electrons. The lowest BCUT2D eigenvalue weighted by Gasteiger charge is -2.36. The number of piperazine rings is 1. The number of nitrogens with two attached hydrogens (primary N) is 2. The number of aromatic nitrogens is 9. The maximum Gasteiger partial charge on any atom is 0.438 e. The summed E-state index contributed by atoms with van der Waals surface area (Å²) in [6, 6.07) is 26.9. The first-order chi connectivity index (χ1) is 42.1. The summed E-state index contributed by atoms with van der Waals surface area (Å²) in [5.74, 6) is -0.233. The molecular formula is C55H43Br3F12N14O6. The molecular weight excluding hydrogens is 1420 g/mol. The number of carbonyl (C=O) groups is 1. The Kier molecular flexibility index (Phi) is 21.6. The molecule has 35 heteroatoms. The molecule has 11 rings (SSSR count).